The third-order valence-electron chi connectivity index (χ3n) is 4.29. The summed E-state index contributed by atoms with van der Waals surface area (Å²) in [5, 5.41) is 2.74. The summed E-state index contributed by atoms with van der Waals surface area (Å²) in [5.74, 6) is -0.416. The van der Waals surface area contributed by atoms with Gasteiger partial charge in [0.15, 0.2) is 6.61 Å². The van der Waals surface area contributed by atoms with Gasteiger partial charge < -0.3 is 14.8 Å². The van der Waals surface area contributed by atoms with Gasteiger partial charge in [0.2, 0.25) is 0 Å². The van der Waals surface area contributed by atoms with Gasteiger partial charge in [-0.2, -0.15) is 0 Å². The maximum atomic E-state index is 12.2. The van der Waals surface area contributed by atoms with E-state index in [9.17, 15) is 14.4 Å². The molecular formula is C19H35NO4. The lowest BCUT2D eigenvalue weighted by atomic mass is 9.74. The van der Waals surface area contributed by atoms with Crippen LogP contribution in [-0.4, -0.2) is 30.8 Å². The minimum Gasteiger partial charge on any atom is -0.455 e. The molecule has 0 saturated heterocycles. The van der Waals surface area contributed by atoms with E-state index in [1.165, 1.54) is 0 Å². The van der Waals surface area contributed by atoms with Crippen LogP contribution in [0.15, 0.2) is 0 Å². The van der Waals surface area contributed by atoms with E-state index in [-0.39, 0.29) is 29.7 Å². The maximum absolute atomic E-state index is 12.2. The van der Waals surface area contributed by atoms with Gasteiger partial charge in [-0.05, 0) is 45.4 Å². The Labute approximate surface area is 146 Å². The van der Waals surface area contributed by atoms with E-state index < -0.39 is 5.41 Å². The van der Waals surface area contributed by atoms with Crippen LogP contribution in [0, 0.1) is 10.8 Å². The molecule has 0 rings (SSSR count). The molecule has 140 valence electrons. The highest BCUT2D eigenvalue weighted by Crippen LogP contribution is 2.36. The Morgan fingerprint density at radius 2 is 1.62 bits per heavy atom. The lowest BCUT2D eigenvalue weighted by molar-refractivity contribution is -0.158. The molecule has 1 amide bonds. The van der Waals surface area contributed by atoms with Crippen LogP contribution < -0.4 is 5.32 Å². The molecule has 0 spiro atoms. The summed E-state index contributed by atoms with van der Waals surface area (Å²) in [7, 11) is 0. The number of rotatable bonds is 12. The number of amides is 1. The summed E-state index contributed by atoms with van der Waals surface area (Å²) in [6.07, 6.45) is 4.86. The standard InChI is InChI=1S/C19H35NO4/c1-7-18(3,4)14-19(5,6)17(23)24-13-16(22)20-12-10-8-9-11-15(2)21/h7-14H2,1-6H3,(H,20,22). The molecule has 0 aromatic carbocycles. The number of carbonyl (C=O) groups is 3. The van der Waals surface area contributed by atoms with Gasteiger partial charge in [0.1, 0.15) is 5.78 Å². The van der Waals surface area contributed by atoms with Crippen LogP contribution in [0.25, 0.3) is 0 Å². The summed E-state index contributed by atoms with van der Waals surface area (Å²) >= 11 is 0. The van der Waals surface area contributed by atoms with Gasteiger partial charge in [-0.1, -0.05) is 33.6 Å². The van der Waals surface area contributed by atoms with Gasteiger partial charge in [-0.25, -0.2) is 0 Å². The molecule has 5 heteroatoms. The zero-order valence-corrected chi connectivity index (χ0v) is 16.3. The minimum absolute atomic E-state index is 0.0602. The lowest BCUT2D eigenvalue weighted by Crippen LogP contribution is -2.35. The molecule has 0 aliphatic rings. The van der Waals surface area contributed by atoms with Gasteiger partial charge in [0.05, 0.1) is 5.41 Å². The van der Waals surface area contributed by atoms with E-state index in [2.05, 4.69) is 26.1 Å². The van der Waals surface area contributed by atoms with E-state index in [1.807, 2.05) is 13.8 Å². The minimum atomic E-state index is -0.605. The lowest BCUT2D eigenvalue weighted by Gasteiger charge is -2.32. The van der Waals surface area contributed by atoms with Gasteiger partial charge in [0.25, 0.3) is 5.91 Å². The Morgan fingerprint density at radius 3 is 2.17 bits per heavy atom. The number of hydrogen-bond acceptors (Lipinski definition) is 4. The molecule has 5 nitrogen and oxygen atoms in total. The molecule has 0 aliphatic carbocycles. The molecule has 0 radical (unpaired) electrons. The number of ether oxygens (including phenoxy) is 1. The van der Waals surface area contributed by atoms with E-state index in [0.29, 0.717) is 19.4 Å². The van der Waals surface area contributed by atoms with Gasteiger partial charge in [0, 0.05) is 13.0 Å². The van der Waals surface area contributed by atoms with Crippen molar-refractivity contribution in [2.45, 2.75) is 80.1 Å². The second-order valence-corrected chi connectivity index (χ2v) is 8.02. The Hall–Kier alpha value is -1.39. The molecule has 0 unspecified atom stereocenters. The smallest absolute Gasteiger partial charge is 0.312 e. The topological polar surface area (TPSA) is 72.5 Å². The van der Waals surface area contributed by atoms with Crippen molar-refractivity contribution in [1.29, 1.82) is 0 Å². The second-order valence-electron chi connectivity index (χ2n) is 8.02. The summed E-state index contributed by atoms with van der Waals surface area (Å²) in [4.78, 5) is 34.7. The van der Waals surface area contributed by atoms with Crippen LogP contribution in [0.2, 0.25) is 0 Å². The third-order valence-corrected chi connectivity index (χ3v) is 4.29. The predicted octanol–water partition coefficient (Wildman–Crippen LogP) is 3.65. The summed E-state index contributed by atoms with van der Waals surface area (Å²) in [6.45, 7) is 12.0. The Bertz CT molecular complexity index is 427. The average Bonchev–Trinajstić information content (AvgIpc) is 2.46. The quantitative estimate of drug-likeness (QED) is 0.434. The number of hydrogen-bond donors (Lipinski definition) is 1. The van der Waals surface area contributed by atoms with Crippen molar-refractivity contribution in [3.05, 3.63) is 0 Å². The summed E-state index contributed by atoms with van der Waals surface area (Å²) < 4.78 is 5.17. The van der Waals surface area contributed by atoms with Crippen molar-refractivity contribution < 1.29 is 19.1 Å². The van der Waals surface area contributed by atoms with Crippen molar-refractivity contribution >= 4 is 17.7 Å². The van der Waals surface area contributed by atoms with Crippen molar-refractivity contribution in [2.24, 2.45) is 10.8 Å². The molecule has 24 heavy (non-hydrogen) atoms. The van der Waals surface area contributed by atoms with E-state index in [1.54, 1.807) is 6.92 Å². The fourth-order valence-corrected chi connectivity index (χ4v) is 2.67. The fourth-order valence-electron chi connectivity index (χ4n) is 2.67. The predicted molar refractivity (Wildman–Crippen MR) is 95.6 cm³/mol. The normalized spacial score (nSPS) is 11.9. The van der Waals surface area contributed by atoms with Crippen LogP contribution >= 0.6 is 0 Å². The van der Waals surface area contributed by atoms with Crippen LogP contribution in [0.4, 0.5) is 0 Å². The van der Waals surface area contributed by atoms with Crippen molar-refractivity contribution in [1.82, 2.24) is 5.32 Å². The maximum Gasteiger partial charge on any atom is 0.312 e. The zero-order chi connectivity index (χ0) is 18.8. The molecule has 0 bridgehead atoms. The first kappa shape index (κ1) is 22.6. The highest BCUT2D eigenvalue weighted by atomic mass is 16.5. The Kier molecular flexibility index (Phi) is 9.86. The molecule has 0 atom stereocenters. The SMILES string of the molecule is CCC(C)(C)CC(C)(C)C(=O)OCC(=O)NCCCCCC(C)=O. The second kappa shape index (κ2) is 10.5. The molecule has 0 fully saturated rings. The van der Waals surface area contributed by atoms with Crippen LogP contribution in [0.3, 0.4) is 0 Å². The molecule has 0 saturated carbocycles. The molecule has 0 aromatic heterocycles. The van der Waals surface area contributed by atoms with Crippen LogP contribution in [0.1, 0.15) is 80.1 Å². The van der Waals surface area contributed by atoms with E-state index in [0.717, 1.165) is 25.7 Å². The number of unbranched alkanes of at least 4 members (excludes halogenated alkanes) is 2. The Balaban J connectivity index is 4.00. The third kappa shape index (κ3) is 10.4. The first-order valence-electron chi connectivity index (χ1n) is 8.93. The van der Waals surface area contributed by atoms with Crippen LogP contribution in [0.5, 0.6) is 0 Å². The van der Waals surface area contributed by atoms with E-state index in [4.69, 9.17) is 4.74 Å². The number of carbonyl (C=O) groups excluding carboxylic acids is 3. The first-order valence-corrected chi connectivity index (χ1v) is 8.93. The number of Topliss-reactive ketones (excluding diaryl/α,β-unsaturated/α-hetero) is 1. The van der Waals surface area contributed by atoms with Gasteiger partial charge in [-0.3, -0.25) is 9.59 Å². The summed E-state index contributed by atoms with van der Waals surface area (Å²) in [6, 6.07) is 0. The highest BCUT2D eigenvalue weighted by molar-refractivity contribution is 5.82. The van der Waals surface area contributed by atoms with E-state index >= 15 is 0 Å². The number of esters is 1. The van der Waals surface area contributed by atoms with Crippen molar-refractivity contribution in [3.8, 4) is 0 Å². The van der Waals surface area contributed by atoms with Gasteiger partial charge in [-0.15, -0.1) is 0 Å². The molecule has 0 aliphatic heterocycles. The molecule has 0 heterocycles. The highest BCUT2D eigenvalue weighted by Gasteiger charge is 2.35. The average molecular weight is 341 g/mol. The fraction of sp³-hybridized carbons (Fsp3) is 0.842. The van der Waals surface area contributed by atoms with Gasteiger partial charge >= 0.3 is 5.97 Å². The molecule has 1 N–H and O–H groups in total. The molecule has 0 aromatic rings. The largest absolute Gasteiger partial charge is 0.455 e. The molecular weight excluding hydrogens is 306 g/mol. The zero-order valence-electron chi connectivity index (χ0n) is 16.3. The summed E-state index contributed by atoms with van der Waals surface area (Å²) in [5.41, 5.74) is -0.545. The number of nitrogens with one attached hydrogen (secondary N) is 1. The number of ketones is 1. The monoisotopic (exact) mass is 341 g/mol. The Morgan fingerprint density at radius 1 is 1.00 bits per heavy atom. The van der Waals surface area contributed by atoms with Crippen LogP contribution in [-0.2, 0) is 19.1 Å². The first-order chi connectivity index (χ1) is 11.0. The van der Waals surface area contributed by atoms with Crippen molar-refractivity contribution in [3.63, 3.8) is 0 Å². The van der Waals surface area contributed by atoms with Crippen molar-refractivity contribution in [2.75, 3.05) is 13.2 Å².